The van der Waals surface area contributed by atoms with E-state index >= 15 is 0 Å². The molecule has 0 spiro atoms. The molecule has 6 rings (SSSR count). The second-order valence-electron chi connectivity index (χ2n) is 8.15. The Balaban J connectivity index is 1.62. The van der Waals surface area contributed by atoms with Crippen LogP contribution in [0.1, 0.15) is 22.9 Å². The van der Waals surface area contributed by atoms with Crippen molar-refractivity contribution in [1.82, 2.24) is 14.5 Å². The number of fused-ring (bicyclic) bond motifs is 4. The highest BCUT2D eigenvalue weighted by molar-refractivity contribution is 7.71. The van der Waals surface area contributed by atoms with E-state index in [0.29, 0.717) is 5.56 Å². The average Bonchev–Trinajstić information content (AvgIpc) is 3.19. The van der Waals surface area contributed by atoms with Crippen molar-refractivity contribution >= 4 is 33.9 Å². The molecule has 0 amide bonds. The van der Waals surface area contributed by atoms with E-state index in [2.05, 4.69) is 21.4 Å². The van der Waals surface area contributed by atoms with E-state index in [9.17, 15) is 9.90 Å². The number of hydrogen-bond acceptors (Lipinski definition) is 3. The lowest BCUT2D eigenvalue weighted by Gasteiger charge is -2.23. The molecular formula is C25H21N4O2S+. The third-order valence-electron chi connectivity index (χ3n) is 6.39. The molecule has 0 fully saturated rings. The zero-order valence-corrected chi connectivity index (χ0v) is 17.9. The maximum atomic E-state index is 13.1. The van der Waals surface area contributed by atoms with Crippen molar-refractivity contribution in [2.24, 2.45) is 0 Å². The van der Waals surface area contributed by atoms with Gasteiger partial charge < -0.3 is 15.4 Å². The standard InChI is InChI=1S/C25H20N4O2S/c30-23-20(22-21-17(12-13-26-22)16-9-3-4-10-18(16)27-21)24(31)29(25(32)28-23)19-11-5-7-14-6-1-2-8-15(14)19/h1-11,22,26-27,31H,12-13H2,(H,28,30,32)/p+1/t22-/m0/s1. The number of nitrogens with two attached hydrogens (primary N) is 1. The number of rotatable bonds is 2. The van der Waals surface area contributed by atoms with E-state index in [1.165, 1.54) is 10.9 Å². The number of aromatic amines is 2. The fraction of sp³-hybridized carbons (Fsp3) is 0.120. The predicted octanol–water partition coefficient (Wildman–Crippen LogP) is 3.44. The number of para-hydroxylation sites is 1. The number of nitrogens with zero attached hydrogens (tertiary/aromatic N) is 1. The van der Waals surface area contributed by atoms with Crippen molar-refractivity contribution in [1.29, 1.82) is 0 Å². The SMILES string of the molecule is O=c1[nH]c(=S)n(-c2cccc3ccccc23)c(O)c1[C@@H]1[NH2+]CCc2c1[nH]c1ccccc21. The summed E-state index contributed by atoms with van der Waals surface area (Å²) in [6.07, 6.45) is 0.900. The molecule has 7 heteroatoms. The summed E-state index contributed by atoms with van der Waals surface area (Å²) in [5.74, 6) is -0.122. The summed E-state index contributed by atoms with van der Waals surface area (Å²) >= 11 is 5.49. The molecule has 0 radical (unpaired) electrons. The number of aromatic nitrogens is 3. The molecule has 0 aliphatic carbocycles. The Morgan fingerprint density at radius 1 is 0.969 bits per heavy atom. The van der Waals surface area contributed by atoms with Crippen LogP contribution in [0, 0.1) is 4.77 Å². The average molecular weight is 442 g/mol. The van der Waals surface area contributed by atoms with Gasteiger partial charge in [0.1, 0.15) is 5.56 Å². The predicted molar refractivity (Wildman–Crippen MR) is 127 cm³/mol. The topological polar surface area (TPSA) is 90.4 Å². The van der Waals surface area contributed by atoms with Gasteiger partial charge in [0.15, 0.2) is 10.8 Å². The van der Waals surface area contributed by atoms with Crippen LogP contribution in [0.15, 0.2) is 71.5 Å². The van der Waals surface area contributed by atoms with E-state index in [4.69, 9.17) is 12.2 Å². The van der Waals surface area contributed by atoms with Crippen molar-refractivity contribution in [3.8, 4) is 11.6 Å². The second-order valence-corrected chi connectivity index (χ2v) is 8.53. The molecule has 1 aliphatic rings. The van der Waals surface area contributed by atoms with Gasteiger partial charge in [0.05, 0.1) is 17.9 Å². The fourth-order valence-electron chi connectivity index (χ4n) is 4.98. The van der Waals surface area contributed by atoms with E-state index in [1.54, 1.807) is 4.57 Å². The van der Waals surface area contributed by atoms with E-state index in [1.807, 2.05) is 60.7 Å². The van der Waals surface area contributed by atoms with Gasteiger partial charge in [-0.1, -0.05) is 54.6 Å². The van der Waals surface area contributed by atoms with E-state index in [-0.39, 0.29) is 22.3 Å². The van der Waals surface area contributed by atoms with Crippen molar-refractivity contribution in [2.45, 2.75) is 12.5 Å². The Kier molecular flexibility index (Phi) is 4.28. The van der Waals surface area contributed by atoms with Gasteiger partial charge in [-0.15, -0.1) is 0 Å². The summed E-state index contributed by atoms with van der Waals surface area (Å²) in [7, 11) is 0. The first-order valence-corrected chi connectivity index (χ1v) is 11.0. The first-order chi connectivity index (χ1) is 15.6. The Morgan fingerprint density at radius 2 is 1.72 bits per heavy atom. The maximum Gasteiger partial charge on any atom is 0.265 e. The smallest absolute Gasteiger partial charge is 0.265 e. The van der Waals surface area contributed by atoms with Crippen LogP contribution in [0.3, 0.4) is 0 Å². The fourth-order valence-corrected chi connectivity index (χ4v) is 5.25. The summed E-state index contributed by atoms with van der Waals surface area (Å²) < 4.78 is 1.74. The van der Waals surface area contributed by atoms with Crippen LogP contribution in [-0.2, 0) is 6.42 Å². The Labute approximate surface area is 188 Å². The zero-order chi connectivity index (χ0) is 21.8. The summed E-state index contributed by atoms with van der Waals surface area (Å²) in [4.78, 5) is 19.4. The molecule has 6 nitrogen and oxygen atoms in total. The summed E-state index contributed by atoms with van der Waals surface area (Å²) in [6, 6.07) is 21.5. The van der Waals surface area contributed by atoms with Gasteiger partial charge in [0.2, 0.25) is 5.88 Å². The van der Waals surface area contributed by atoms with Crippen LogP contribution in [-0.4, -0.2) is 26.2 Å². The van der Waals surface area contributed by atoms with Gasteiger partial charge in [-0.05, 0) is 35.3 Å². The normalized spacial score (nSPS) is 15.8. The number of aromatic hydroxyl groups is 1. The first-order valence-electron chi connectivity index (χ1n) is 10.6. The highest BCUT2D eigenvalue weighted by Gasteiger charge is 2.34. The van der Waals surface area contributed by atoms with Crippen LogP contribution >= 0.6 is 12.2 Å². The lowest BCUT2D eigenvalue weighted by Crippen LogP contribution is -2.87. The van der Waals surface area contributed by atoms with Gasteiger partial charge >= 0.3 is 0 Å². The number of nitrogens with one attached hydrogen (secondary N) is 2. The van der Waals surface area contributed by atoms with Crippen LogP contribution in [0.4, 0.5) is 0 Å². The molecule has 1 atom stereocenters. The van der Waals surface area contributed by atoms with Crippen molar-refractivity contribution in [3.63, 3.8) is 0 Å². The summed E-state index contributed by atoms with van der Waals surface area (Å²) in [6.45, 7) is 0.822. The third-order valence-corrected chi connectivity index (χ3v) is 6.68. The number of H-pyrrole nitrogens is 2. The molecule has 32 heavy (non-hydrogen) atoms. The largest absolute Gasteiger partial charge is 0.494 e. The molecule has 3 aromatic carbocycles. The lowest BCUT2D eigenvalue weighted by atomic mass is 9.95. The highest BCUT2D eigenvalue weighted by Crippen LogP contribution is 2.34. The van der Waals surface area contributed by atoms with Gasteiger partial charge in [-0.3, -0.25) is 14.3 Å². The number of benzene rings is 3. The van der Waals surface area contributed by atoms with Crippen LogP contribution < -0.4 is 10.9 Å². The number of hydrogen-bond donors (Lipinski definition) is 4. The van der Waals surface area contributed by atoms with E-state index < -0.39 is 0 Å². The molecule has 2 aromatic heterocycles. The summed E-state index contributed by atoms with van der Waals surface area (Å²) in [5.41, 5.74) is 3.87. The molecule has 158 valence electrons. The number of quaternary nitrogens is 1. The van der Waals surface area contributed by atoms with Gasteiger partial charge in [0.25, 0.3) is 5.56 Å². The quantitative estimate of drug-likeness (QED) is 0.316. The molecule has 0 saturated heterocycles. The second kappa shape index (κ2) is 7.19. The van der Waals surface area contributed by atoms with Crippen molar-refractivity contribution in [2.75, 3.05) is 6.54 Å². The molecule has 0 bridgehead atoms. The first kappa shape index (κ1) is 19.0. The van der Waals surface area contributed by atoms with Crippen LogP contribution in [0.25, 0.3) is 27.4 Å². The Morgan fingerprint density at radius 3 is 2.59 bits per heavy atom. The molecule has 0 saturated carbocycles. The van der Waals surface area contributed by atoms with Crippen LogP contribution in [0.2, 0.25) is 0 Å². The van der Waals surface area contributed by atoms with Gasteiger partial charge in [0, 0.05) is 22.7 Å². The van der Waals surface area contributed by atoms with E-state index in [0.717, 1.165) is 40.6 Å². The van der Waals surface area contributed by atoms with Crippen molar-refractivity contribution in [3.05, 3.63) is 98.7 Å². The maximum absolute atomic E-state index is 13.1. The highest BCUT2D eigenvalue weighted by atomic mass is 32.1. The molecule has 1 aliphatic heterocycles. The summed E-state index contributed by atoms with van der Waals surface area (Å²) in [5, 5.41) is 16.7. The van der Waals surface area contributed by atoms with Crippen molar-refractivity contribution < 1.29 is 10.4 Å². The Hall–Kier alpha value is -3.68. The molecular weight excluding hydrogens is 420 g/mol. The Bertz CT molecular complexity index is 1620. The van der Waals surface area contributed by atoms with Crippen LogP contribution in [0.5, 0.6) is 5.88 Å². The zero-order valence-electron chi connectivity index (χ0n) is 17.1. The molecule has 5 aromatic rings. The third kappa shape index (κ3) is 2.75. The minimum atomic E-state index is -0.364. The monoisotopic (exact) mass is 441 g/mol. The lowest BCUT2D eigenvalue weighted by molar-refractivity contribution is -0.690. The molecule has 0 unspecified atom stereocenters. The molecule has 5 N–H and O–H groups in total. The minimum Gasteiger partial charge on any atom is -0.494 e. The molecule has 3 heterocycles. The van der Waals surface area contributed by atoms with Gasteiger partial charge in [-0.2, -0.15) is 0 Å². The minimum absolute atomic E-state index is 0.122. The van der Waals surface area contributed by atoms with Gasteiger partial charge in [-0.25, -0.2) is 0 Å².